The van der Waals surface area contributed by atoms with Gasteiger partial charge in [-0.3, -0.25) is 5.41 Å². The summed E-state index contributed by atoms with van der Waals surface area (Å²) in [5.41, 5.74) is 0. The van der Waals surface area contributed by atoms with Crippen molar-refractivity contribution in [2.45, 2.75) is 32.1 Å². The van der Waals surface area contributed by atoms with E-state index in [-0.39, 0.29) is 0 Å². The lowest BCUT2D eigenvalue weighted by molar-refractivity contribution is 0.157. The van der Waals surface area contributed by atoms with E-state index < -0.39 is 0 Å². The second-order valence-corrected chi connectivity index (χ2v) is 4.92. The fourth-order valence-corrected chi connectivity index (χ4v) is 2.88. The molecule has 0 amide bonds. The number of nitrogens with zero attached hydrogens (tertiary/aromatic N) is 1. The molecule has 0 aromatic heterocycles. The molecule has 2 aliphatic rings. The number of methoxy groups -OCH3 is 1. The van der Waals surface area contributed by atoms with Crippen LogP contribution in [0.4, 0.5) is 0 Å². The molecule has 86 valence electrons. The Morgan fingerprint density at radius 2 is 2.07 bits per heavy atom. The van der Waals surface area contributed by atoms with E-state index in [0.29, 0.717) is 11.8 Å². The number of hydrogen-bond acceptors (Lipinski definition) is 2. The Bertz CT molecular complexity index is 224. The lowest BCUT2D eigenvalue weighted by atomic mass is 10.1. The monoisotopic (exact) mass is 210 g/mol. The molecule has 15 heavy (non-hydrogen) atoms. The number of ether oxygens (including phenoxy) is 1. The summed E-state index contributed by atoms with van der Waals surface area (Å²) in [6.07, 6.45) is 6.32. The second-order valence-electron chi connectivity index (χ2n) is 4.92. The molecule has 0 aromatic rings. The van der Waals surface area contributed by atoms with Crippen molar-refractivity contribution < 1.29 is 4.74 Å². The van der Waals surface area contributed by atoms with Crippen LogP contribution in [0.25, 0.3) is 0 Å². The van der Waals surface area contributed by atoms with E-state index in [9.17, 15) is 0 Å². The summed E-state index contributed by atoms with van der Waals surface area (Å²) in [6.45, 7) is 2.97. The Hall–Kier alpha value is -0.570. The third-order valence-corrected chi connectivity index (χ3v) is 3.77. The molecule has 1 unspecified atom stereocenters. The molecule has 1 saturated carbocycles. The van der Waals surface area contributed by atoms with Gasteiger partial charge in [0, 0.05) is 32.0 Å². The van der Waals surface area contributed by atoms with Crippen molar-refractivity contribution in [2.24, 2.45) is 11.8 Å². The Labute approximate surface area is 92.3 Å². The van der Waals surface area contributed by atoms with Crippen LogP contribution in [-0.4, -0.2) is 37.5 Å². The van der Waals surface area contributed by atoms with Crippen LogP contribution < -0.4 is 0 Å². The minimum atomic E-state index is 0.561. The number of amidine groups is 1. The highest BCUT2D eigenvalue weighted by atomic mass is 16.5. The van der Waals surface area contributed by atoms with Crippen LogP contribution in [-0.2, 0) is 4.74 Å². The van der Waals surface area contributed by atoms with Crippen molar-refractivity contribution in [3.63, 3.8) is 0 Å². The maximum atomic E-state index is 8.19. The normalized spacial score (nSPS) is 27.5. The number of rotatable bonds is 3. The molecule has 0 spiro atoms. The van der Waals surface area contributed by atoms with E-state index in [1.165, 1.54) is 32.1 Å². The summed E-state index contributed by atoms with van der Waals surface area (Å²) in [5.74, 6) is 2.12. The molecule has 3 nitrogen and oxygen atoms in total. The first-order valence-electron chi connectivity index (χ1n) is 6.13. The predicted octanol–water partition coefficient (Wildman–Crippen LogP) is 2.12. The molecule has 3 heteroatoms. The fraction of sp³-hybridized carbons (Fsp3) is 0.917. The summed E-state index contributed by atoms with van der Waals surface area (Å²) in [6, 6.07) is 0. The van der Waals surface area contributed by atoms with E-state index >= 15 is 0 Å². The quantitative estimate of drug-likeness (QED) is 0.572. The second kappa shape index (κ2) is 4.97. The number of nitrogens with one attached hydrogen (secondary N) is 1. The van der Waals surface area contributed by atoms with E-state index in [1.54, 1.807) is 7.11 Å². The maximum absolute atomic E-state index is 8.19. The van der Waals surface area contributed by atoms with Gasteiger partial charge in [0.15, 0.2) is 0 Å². The van der Waals surface area contributed by atoms with Crippen LogP contribution in [0.15, 0.2) is 0 Å². The smallest absolute Gasteiger partial charge is 0.0989 e. The molecular weight excluding hydrogens is 188 g/mol. The van der Waals surface area contributed by atoms with Gasteiger partial charge in [-0.2, -0.15) is 0 Å². The Morgan fingerprint density at radius 1 is 1.33 bits per heavy atom. The molecule has 1 N–H and O–H groups in total. The Morgan fingerprint density at radius 3 is 2.73 bits per heavy atom. The van der Waals surface area contributed by atoms with Crippen LogP contribution in [0, 0.1) is 17.2 Å². The standard InChI is InChI=1S/C12H22N2O/c1-15-9-10-6-7-14(8-10)12(13)11-4-2-3-5-11/h10-11,13H,2-9H2,1H3. The lowest BCUT2D eigenvalue weighted by Crippen LogP contribution is -2.33. The molecule has 1 atom stereocenters. The third kappa shape index (κ3) is 2.51. The topological polar surface area (TPSA) is 36.3 Å². The van der Waals surface area contributed by atoms with Crippen molar-refractivity contribution in [3.05, 3.63) is 0 Å². The summed E-state index contributed by atoms with van der Waals surface area (Å²) in [7, 11) is 1.77. The van der Waals surface area contributed by atoms with Gasteiger partial charge in [0.1, 0.15) is 0 Å². The Balaban J connectivity index is 1.81. The largest absolute Gasteiger partial charge is 0.384 e. The average Bonchev–Trinajstić information content (AvgIpc) is 2.87. The van der Waals surface area contributed by atoms with Gasteiger partial charge in [-0.05, 0) is 19.3 Å². The molecule has 2 fully saturated rings. The van der Waals surface area contributed by atoms with Crippen molar-refractivity contribution in [3.8, 4) is 0 Å². The van der Waals surface area contributed by atoms with Crippen LogP contribution in [0.5, 0.6) is 0 Å². The van der Waals surface area contributed by atoms with Crippen molar-refractivity contribution in [1.29, 1.82) is 5.41 Å². The van der Waals surface area contributed by atoms with Crippen molar-refractivity contribution >= 4 is 5.84 Å². The van der Waals surface area contributed by atoms with Crippen molar-refractivity contribution in [2.75, 3.05) is 26.8 Å². The fourth-order valence-electron chi connectivity index (χ4n) is 2.88. The first kappa shape index (κ1) is 10.9. The van der Waals surface area contributed by atoms with Crippen LogP contribution in [0.1, 0.15) is 32.1 Å². The van der Waals surface area contributed by atoms with E-state index in [1.807, 2.05) is 0 Å². The molecule has 0 bridgehead atoms. The molecule has 2 rings (SSSR count). The molecule has 1 aliphatic carbocycles. The zero-order valence-electron chi connectivity index (χ0n) is 9.67. The zero-order chi connectivity index (χ0) is 10.7. The van der Waals surface area contributed by atoms with Gasteiger partial charge in [-0.15, -0.1) is 0 Å². The molecular formula is C12H22N2O. The summed E-state index contributed by atoms with van der Waals surface area (Å²) in [5, 5.41) is 8.19. The van der Waals surface area contributed by atoms with E-state index in [4.69, 9.17) is 10.1 Å². The van der Waals surface area contributed by atoms with Crippen LogP contribution >= 0.6 is 0 Å². The van der Waals surface area contributed by atoms with E-state index in [2.05, 4.69) is 4.90 Å². The van der Waals surface area contributed by atoms with Gasteiger partial charge in [0.05, 0.1) is 12.4 Å². The summed E-state index contributed by atoms with van der Waals surface area (Å²) >= 11 is 0. The zero-order valence-corrected chi connectivity index (χ0v) is 9.67. The highest BCUT2D eigenvalue weighted by Gasteiger charge is 2.29. The first-order chi connectivity index (χ1) is 7.31. The van der Waals surface area contributed by atoms with Gasteiger partial charge in [0.25, 0.3) is 0 Å². The SMILES string of the molecule is COCC1CCN(C(=N)C2CCCC2)C1. The molecule has 1 aliphatic heterocycles. The third-order valence-electron chi connectivity index (χ3n) is 3.77. The average molecular weight is 210 g/mol. The van der Waals surface area contributed by atoms with Crippen molar-refractivity contribution in [1.82, 2.24) is 4.90 Å². The minimum absolute atomic E-state index is 0.561. The molecule has 1 saturated heterocycles. The van der Waals surface area contributed by atoms with E-state index in [0.717, 1.165) is 25.5 Å². The highest BCUT2D eigenvalue weighted by Crippen LogP contribution is 2.29. The Kier molecular flexibility index (Phi) is 3.62. The van der Waals surface area contributed by atoms with Crippen LogP contribution in [0.2, 0.25) is 0 Å². The van der Waals surface area contributed by atoms with Gasteiger partial charge in [0.2, 0.25) is 0 Å². The number of hydrogen-bond donors (Lipinski definition) is 1. The lowest BCUT2D eigenvalue weighted by Gasteiger charge is -2.23. The summed E-state index contributed by atoms with van der Waals surface area (Å²) in [4.78, 5) is 2.28. The minimum Gasteiger partial charge on any atom is -0.384 e. The first-order valence-corrected chi connectivity index (χ1v) is 6.13. The van der Waals surface area contributed by atoms with Gasteiger partial charge < -0.3 is 9.64 Å². The van der Waals surface area contributed by atoms with Gasteiger partial charge >= 0.3 is 0 Å². The molecule has 0 aromatic carbocycles. The predicted molar refractivity (Wildman–Crippen MR) is 61.2 cm³/mol. The maximum Gasteiger partial charge on any atom is 0.0989 e. The highest BCUT2D eigenvalue weighted by molar-refractivity contribution is 5.82. The molecule has 0 radical (unpaired) electrons. The van der Waals surface area contributed by atoms with Crippen LogP contribution in [0.3, 0.4) is 0 Å². The van der Waals surface area contributed by atoms with Gasteiger partial charge in [-0.25, -0.2) is 0 Å². The summed E-state index contributed by atoms with van der Waals surface area (Å²) < 4.78 is 5.18. The number of likely N-dealkylation sites (tertiary alicyclic amines) is 1. The van der Waals surface area contributed by atoms with Gasteiger partial charge in [-0.1, -0.05) is 12.8 Å². The molecule has 1 heterocycles.